The van der Waals surface area contributed by atoms with Crippen LogP contribution in [0.1, 0.15) is 41.5 Å². The Morgan fingerprint density at radius 2 is 2.04 bits per heavy atom. The van der Waals surface area contributed by atoms with Crippen molar-refractivity contribution in [2.45, 2.75) is 44.2 Å². The highest BCUT2D eigenvalue weighted by Crippen LogP contribution is 2.41. The van der Waals surface area contributed by atoms with E-state index in [1.165, 1.54) is 29.1 Å². The average molecular weight is 345 g/mol. The molecule has 0 bridgehead atoms. The Labute approximate surface area is 146 Å². The van der Waals surface area contributed by atoms with Crippen molar-refractivity contribution in [1.29, 1.82) is 0 Å². The third-order valence-corrected chi connectivity index (χ3v) is 5.81. The molecule has 2 aromatic heterocycles. The van der Waals surface area contributed by atoms with E-state index in [1.54, 1.807) is 7.11 Å². The van der Waals surface area contributed by atoms with Gasteiger partial charge in [0, 0.05) is 48.7 Å². The number of nitrogens with zero attached hydrogens (tertiary/aromatic N) is 4. The number of methoxy groups -OCH3 is 1. The fourth-order valence-electron chi connectivity index (χ4n) is 3.11. The van der Waals surface area contributed by atoms with Crippen molar-refractivity contribution in [2.75, 3.05) is 25.5 Å². The molecule has 1 saturated heterocycles. The predicted octanol–water partition coefficient (Wildman–Crippen LogP) is 2.90. The number of rotatable bonds is 6. The quantitative estimate of drug-likeness (QED) is 0.868. The summed E-state index contributed by atoms with van der Waals surface area (Å²) < 4.78 is 5.15. The predicted molar refractivity (Wildman–Crippen MR) is 94.6 cm³/mol. The number of ether oxygens (including phenoxy) is 1. The molecule has 4 rings (SSSR count). The van der Waals surface area contributed by atoms with Crippen molar-refractivity contribution in [3.8, 4) is 5.88 Å². The van der Waals surface area contributed by atoms with Gasteiger partial charge in [0.25, 0.3) is 0 Å². The van der Waals surface area contributed by atoms with Crippen LogP contribution in [0.5, 0.6) is 5.88 Å². The van der Waals surface area contributed by atoms with Gasteiger partial charge in [0.1, 0.15) is 12.1 Å². The van der Waals surface area contributed by atoms with Crippen LogP contribution in [-0.2, 0) is 6.54 Å². The SMILES string of the molecule is COc1cc(NC2CCN(Cc3cnc(C4CC4)s3)CC2)ncn1. The van der Waals surface area contributed by atoms with Gasteiger partial charge < -0.3 is 10.1 Å². The summed E-state index contributed by atoms with van der Waals surface area (Å²) in [6.07, 6.45) is 8.53. The second-order valence-electron chi connectivity index (χ2n) is 6.58. The Balaban J connectivity index is 1.26. The smallest absolute Gasteiger partial charge is 0.218 e. The second kappa shape index (κ2) is 7.03. The fraction of sp³-hybridized carbons (Fsp3) is 0.588. The van der Waals surface area contributed by atoms with Crippen molar-refractivity contribution in [1.82, 2.24) is 19.9 Å². The van der Waals surface area contributed by atoms with Gasteiger partial charge >= 0.3 is 0 Å². The van der Waals surface area contributed by atoms with E-state index in [4.69, 9.17) is 4.74 Å². The number of hydrogen-bond acceptors (Lipinski definition) is 7. The summed E-state index contributed by atoms with van der Waals surface area (Å²) in [5.74, 6) is 2.21. The summed E-state index contributed by atoms with van der Waals surface area (Å²) in [6.45, 7) is 3.26. The Morgan fingerprint density at radius 1 is 1.21 bits per heavy atom. The van der Waals surface area contributed by atoms with Gasteiger partial charge in [-0.2, -0.15) is 0 Å². The zero-order valence-corrected chi connectivity index (χ0v) is 14.8. The van der Waals surface area contributed by atoms with Crippen LogP contribution in [0.25, 0.3) is 0 Å². The first-order valence-electron chi connectivity index (χ1n) is 8.59. The summed E-state index contributed by atoms with van der Waals surface area (Å²) in [5, 5.41) is 4.85. The maximum atomic E-state index is 5.15. The fourth-order valence-corrected chi connectivity index (χ4v) is 4.24. The summed E-state index contributed by atoms with van der Waals surface area (Å²) in [7, 11) is 1.62. The van der Waals surface area contributed by atoms with Crippen LogP contribution in [0.4, 0.5) is 5.82 Å². The topological polar surface area (TPSA) is 63.2 Å². The molecule has 0 amide bonds. The van der Waals surface area contributed by atoms with Crippen LogP contribution in [0, 0.1) is 0 Å². The van der Waals surface area contributed by atoms with Crippen LogP contribution < -0.4 is 10.1 Å². The zero-order valence-electron chi connectivity index (χ0n) is 13.9. The van der Waals surface area contributed by atoms with Gasteiger partial charge in [-0.05, 0) is 25.7 Å². The lowest BCUT2D eigenvalue weighted by Crippen LogP contribution is -2.38. The summed E-state index contributed by atoms with van der Waals surface area (Å²) in [6, 6.07) is 2.31. The molecular weight excluding hydrogens is 322 g/mol. The summed E-state index contributed by atoms with van der Waals surface area (Å²) >= 11 is 1.91. The normalized spacial score (nSPS) is 19.4. The van der Waals surface area contributed by atoms with Crippen molar-refractivity contribution in [3.05, 3.63) is 28.5 Å². The highest BCUT2D eigenvalue weighted by atomic mass is 32.1. The van der Waals surface area contributed by atoms with E-state index in [2.05, 4.69) is 31.4 Å². The van der Waals surface area contributed by atoms with E-state index < -0.39 is 0 Å². The third kappa shape index (κ3) is 3.84. The molecule has 0 unspecified atom stereocenters. The molecule has 1 aliphatic carbocycles. The Bertz CT molecular complexity index is 679. The molecule has 2 aromatic rings. The lowest BCUT2D eigenvalue weighted by molar-refractivity contribution is 0.212. The van der Waals surface area contributed by atoms with Crippen molar-refractivity contribution < 1.29 is 4.74 Å². The molecule has 0 spiro atoms. The number of aromatic nitrogens is 3. The van der Waals surface area contributed by atoms with Gasteiger partial charge in [-0.25, -0.2) is 15.0 Å². The molecule has 0 radical (unpaired) electrons. The van der Waals surface area contributed by atoms with E-state index in [-0.39, 0.29) is 0 Å². The first-order chi connectivity index (χ1) is 11.8. The molecule has 1 N–H and O–H groups in total. The molecule has 2 fully saturated rings. The van der Waals surface area contributed by atoms with E-state index in [0.717, 1.165) is 44.2 Å². The Kier molecular flexibility index (Phi) is 4.62. The minimum atomic E-state index is 0.462. The summed E-state index contributed by atoms with van der Waals surface area (Å²) in [4.78, 5) is 16.8. The molecule has 128 valence electrons. The standard InChI is InChI=1S/C17H23N5OS/c1-23-16-8-15(19-11-20-16)21-13-4-6-22(7-5-13)10-14-9-18-17(24-14)12-2-3-12/h8-9,11-13H,2-7,10H2,1H3,(H,19,20,21). The largest absolute Gasteiger partial charge is 0.481 e. The van der Waals surface area contributed by atoms with E-state index in [1.807, 2.05) is 17.4 Å². The number of hydrogen-bond donors (Lipinski definition) is 1. The molecule has 3 heterocycles. The van der Waals surface area contributed by atoms with Crippen LogP contribution in [0.3, 0.4) is 0 Å². The number of nitrogens with one attached hydrogen (secondary N) is 1. The summed E-state index contributed by atoms with van der Waals surface area (Å²) in [5.41, 5.74) is 0. The average Bonchev–Trinajstić information content (AvgIpc) is 3.37. The molecule has 1 saturated carbocycles. The lowest BCUT2D eigenvalue weighted by atomic mass is 10.1. The maximum Gasteiger partial charge on any atom is 0.218 e. The van der Waals surface area contributed by atoms with Gasteiger partial charge in [-0.1, -0.05) is 0 Å². The van der Waals surface area contributed by atoms with Crippen molar-refractivity contribution in [3.63, 3.8) is 0 Å². The van der Waals surface area contributed by atoms with Crippen LogP contribution >= 0.6 is 11.3 Å². The Morgan fingerprint density at radius 3 is 2.79 bits per heavy atom. The molecular formula is C17H23N5OS. The number of thiazole rings is 1. The number of piperidine rings is 1. The van der Waals surface area contributed by atoms with Crippen molar-refractivity contribution in [2.24, 2.45) is 0 Å². The van der Waals surface area contributed by atoms with Crippen LogP contribution in [0.15, 0.2) is 18.6 Å². The lowest BCUT2D eigenvalue weighted by Gasteiger charge is -2.32. The number of anilines is 1. The van der Waals surface area contributed by atoms with E-state index >= 15 is 0 Å². The molecule has 7 heteroatoms. The molecule has 24 heavy (non-hydrogen) atoms. The third-order valence-electron chi connectivity index (χ3n) is 4.67. The van der Waals surface area contributed by atoms with Crippen LogP contribution in [0.2, 0.25) is 0 Å². The second-order valence-corrected chi connectivity index (χ2v) is 7.73. The van der Waals surface area contributed by atoms with Gasteiger partial charge in [-0.3, -0.25) is 4.90 Å². The van der Waals surface area contributed by atoms with Gasteiger partial charge in [0.15, 0.2) is 0 Å². The minimum absolute atomic E-state index is 0.462. The number of likely N-dealkylation sites (tertiary alicyclic amines) is 1. The highest BCUT2D eigenvalue weighted by Gasteiger charge is 2.27. The van der Waals surface area contributed by atoms with Crippen molar-refractivity contribution >= 4 is 17.2 Å². The van der Waals surface area contributed by atoms with Gasteiger partial charge in [-0.15, -0.1) is 11.3 Å². The highest BCUT2D eigenvalue weighted by molar-refractivity contribution is 7.11. The van der Waals surface area contributed by atoms with Gasteiger partial charge in [0.05, 0.1) is 12.1 Å². The molecule has 1 aliphatic heterocycles. The maximum absolute atomic E-state index is 5.15. The molecule has 6 nitrogen and oxygen atoms in total. The first-order valence-corrected chi connectivity index (χ1v) is 9.41. The molecule has 0 atom stereocenters. The molecule has 0 aromatic carbocycles. The molecule has 2 aliphatic rings. The van der Waals surface area contributed by atoms with E-state index in [9.17, 15) is 0 Å². The van der Waals surface area contributed by atoms with Gasteiger partial charge in [0.2, 0.25) is 5.88 Å². The van der Waals surface area contributed by atoms with E-state index in [0.29, 0.717) is 11.9 Å². The minimum Gasteiger partial charge on any atom is -0.481 e. The van der Waals surface area contributed by atoms with Crippen LogP contribution in [-0.4, -0.2) is 46.1 Å². The monoisotopic (exact) mass is 345 g/mol. The zero-order chi connectivity index (χ0) is 16.4. The Hall–Kier alpha value is -1.73. The first kappa shape index (κ1) is 15.8.